The Labute approximate surface area is 116 Å². The van der Waals surface area contributed by atoms with Crippen LogP contribution in [0.4, 0.5) is 0 Å². The van der Waals surface area contributed by atoms with Crippen LogP contribution in [-0.2, 0) is 0 Å². The number of halogens is 1. The zero-order valence-electron chi connectivity index (χ0n) is 9.66. The molecule has 0 saturated heterocycles. The molecular formula is C13H11BrN2OS. The van der Waals surface area contributed by atoms with Crippen LogP contribution in [-0.4, -0.2) is 9.97 Å². The van der Waals surface area contributed by atoms with Crippen molar-refractivity contribution in [1.82, 2.24) is 9.97 Å². The summed E-state index contributed by atoms with van der Waals surface area (Å²) < 4.78 is 0. The highest BCUT2D eigenvalue weighted by molar-refractivity contribution is 9.09. The number of aromatic nitrogens is 2. The van der Waals surface area contributed by atoms with E-state index in [9.17, 15) is 4.79 Å². The Bertz CT molecular complexity index is 756. The first kappa shape index (κ1) is 11.7. The maximum Gasteiger partial charge on any atom is 0.323 e. The molecule has 0 aliphatic carbocycles. The van der Waals surface area contributed by atoms with Gasteiger partial charge in [0.15, 0.2) is 0 Å². The summed E-state index contributed by atoms with van der Waals surface area (Å²) in [5, 5.41) is 0. The average molecular weight is 323 g/mol. The second kappa shape index (κ2) is 4.40. The number of hydrogen-bond donors (Lipinski definition) is 2. The third-order valence-corrected chi connectivity index (χ3v) is 5.23. The molecule has 0 fully saturated rings. The Morgan fingerprint density at radius 3 is 2.67 bits per heavy atom. The molecule has 0 radical (unpaired) electrons. The first-order valence-corrected chi connectivity index (χ1v) is 7.29. The number of benzene rings is 1. The highest BCUT2D eigenvalue weighted by Gasteiger charge is 2.13. The number of nitrogens with one attached hydrogen (secondary N) is 2. The summed E-state index contributed by atoms with van der Waals surface area (Å²) in [4.78, 5) is 19.5. The van der Waals surface area contributed by atoms with Crippen LogP contribution in [0.2, 0.25) is 0 Å². The Morgan fingerprint density at radius 1 is 1.17 bits per heavy atom. The van der Waals surface area contributed by atoms with Crippen LogP contribution in [0.1, 0.15) is 20.1 Å². The van der Waals surface area contributed by atoms with Crippen LogP contribution in [0.15, 0.2) is 35.1 Å². The zero-order valence-corrected chi connectivity index (χ0v) is 12.1. The predicted molar refractivity (Wildman–Crippen MR) is 78.7 cm³/mol. The van der Waals surface area contributed by atoms with E-state index >= 15 is 0 Å². The van der Waals surface area contributed by atoms with Crippen LogP contribution in [0.5, 0.6) is 0 Å². The highest BCUT2D eigenvalue weighted by atomic mass is 79.9. The van der Waals surface area contributed by atoms with E-state index < -0.39 is 0 Å². The van der Waals surface area contributed by atoms with E-state index in [1.165, 1.54) is 9.75 Å². The van der Waals surface area contributed by atoms with Crippen molar-refractivity contribution < 1.29 is 0 Å². The van der Waals surface area contributed by atoms with Gasteiger partial charge in [-0.05, 0) is 36.8 Å². The van der Waals surface area contributed by atoms with Gasteiger partial charge < -0.3 is 9.97 Å². The van der Waals surface area contributed by atoms with E-state index in [4.69, 9.17) is 0 Å². The quantitative estimate of drug-likeness (QED) is 0.694. The van der Waals surface area contributed by atoms with E-state index in [2.05, 4.69) is 45.0 Å². The second-order valence-corrected chi connectivity index (χ2v) is 6.43. The standard InChI is InChI=1S/C13H11BrN2OS/c1-7-2-5-11(18-7)12(14)8-3-4-9-10(6-8)16-13(17)15-9/h2-6,12H,1H3,(H2,15,16,17). The molecule has 0 aliphatic heterocycles. The number of aromatic amines is 2. The van der Waals surface area contributed by atoms with Crippen molar-refractivity contribution in [2.24, 2.45) is 0 Å². The van der Waals surface area contributed by atoms with E-state index in [-0.39, 0.29) is 10.5 Å². The summed E-state index contributed by atoms with van der Waals surface area (Å²) in [7, 11) is 0. The molecule has 3 nitrogen and oxygen atoms in total. The van der Waals surface area contributed by atoms with E-state index in [1.54, 1.807) is 11.3 Å². The number of alkyl halides is 1. The third-order valence-electron chi connectivity index (χ3n) is 2.84. The summed E-state index contributed by atoms with van der Waals surface area (Å²) >= 11 is 5.48. The van der Waals surface area contributed by atoms with Crippen LogP contribution in [0.25, 0.3) is 11.0 Å². The lowest BCUT2D eigenvalue weighted by Gasteiger charge is -2.07. The summed E-state index contributed by atoms with van der Waals surface area (Å²) in [5.74, 6) is 0. The molecule has 0 bridgehead atoms. The monoisotopic (exact) mass is 322 g/mol. The maximum absolute atomic E-state index is 11.2. The van der Waals surface area contributed by atoms with Gasteiger partial charge in [0.1, 0.15) is 0 Å². The number of H-pyrrole nitrogens is 2. The Hall–Kier alpha value is -1.33. The fraction of sp³-hybridized carbons (Fsp3) is 0.154. The van der Waals surface area contributed by atoms with Crippen molar-refractivity contribution in [1.29, 1.82) is 0 Å². The van der Waals surface area contributed by atoms with Crippen molar-refractivity contribution in [3.05, 3.63) is 56.1 Å². The average Bonchev–Trinajstić information content (AvgIpc) is 2.92. The minimum absolute atomic E-state index is 0.166. The van der Waals surface area contributed by atoms with Gasteiger partial charge in [-0.1, -0.05) is 22.0 Å². The molecule has 5 heteroatoms. The topological polar surface area (TPSA) is 48.6 Å². The van der Waals surface area contributed by atoms with Crippen molar-refractivity contribution in [3.8, 4) is 0 Å². The number of rotatable bonds is 2. The molecule has 3 aromatic rings. The van der Waals surface area contributed by atoms with Crippen molar-refractivity contribution in [3.63, 3.8) is 0 Å². The summed E-state index contributed by atoms with van der Waals surface area (Å²) in [5.41, 5.74) is 2.65. The molecule has 1 atom stereocenters. The smallest absolute Gasteiger partial charge is 0.306 e. The lowest BCUT2D eigenvalue weighted by molar-refractivity contribution is 1.21. The van der Waals surface area contributed by atoms with Gasteiger partial charge in [-0.2, -0.15) is 0 Å². The molecule has 1 aromatic carbocycles. The van der Waals surface area contributed by atoms with E-state index in [1.807, 2.05) is 18.2 Å². The van der Waals surface area contributed by atoms with E-state index in [0.29, 0.717) is 0 Å². The number of hydrogen-bond acceptors (Lipinski definition) is 2. The Morgan fingerprint density at radius 2 is 1.94 bits per heavy atom. The summed E-state index contributed by atoms with van der Waals surface area (Å²) in [6.45, 7) is 2.10. The van der Waals surface area contributed by atoms with Gasteiger partial charge in [-0.3, -0.25) is 0 Å². The van der Waals surface area contributed by atoms with Gasteiger partial charge in [-0.25, -0.2) is 4.79 Å². The van der Waals surface area contributed by atoms with Crippen molar-refractivity contribution >= 4 is 38.3 Å². The summed E-state index contributed by atoms with van der Waals surface area (Å²) in [6, 6.07) is 10.2. The lowest BCUT2D eigenvalue weighted by atomic mass is 10.1. The summed E-state index contributed by atoms with van der Waals surface area (Å²) in [6.07, 6.45) is 0. The van der Waals surface area contributed by atoms with Gasteiger partial charge in [0.05, 0.1) is 15.9 Å². The van der Waals surface area contributed by atoms with Gasteiger partial charge in [0.25, 0.3) is 0 Å². The minimum Gasteiger partial charge on any atom is -0.306 e. The SMILES string of the molecule is Cc1ccc(C(Br)c2ccc3[nH]c(=O)[nH]c3c2)s1. The van der Waals surface area contributed by atoms with Crippen LogP contribution in [0, 0.1) is 6.92 Å². The maximum atomic E-state index is 11.2. The Balaban J connectivity index is 2.05. The van der Waals surface area contributed by atoms with Gasteiger partial charge in [0, 0.05) is 9.75 Å². The lowest BCUT2D eigenvalue weighted by Crippen LogP contribution is -1.99. The molecule has 1 unspecified atom stereocenters. The first-order chi connectivity index (χ1) is 8.63. The van der Waals surface area contributed by atoms with Gasteiger partial charge in [-0.15, -0.1) is 11.3 Å². The molecule has 18 heavy (non-hydrogen) atoms. The normalized spacial score (nSPS) is 13.0. The molecule has 2 N–H and O–H groups in total. The van der Waals surface area contributed by atoms with Crippen LogP contribution in [0.3, 0.4) is 0 Å². The molecular weight excluding hydrogens is 312 g/mol. The Kier molecular flexibility index (Phi) is 2.87. The van der Waals surface area contributed by atoms with Crippen molar-refractivity contribution in [2.45, 2.75) is 11.8 Å². The second-order valence-electron chi connectivity index (χ2n) is 4.20. The first-order valence-electron chi connectivity index (χ1n) is 5.56. The predicted octanol–water partition coefficient (Wildman–Crippen LogP) is 3.71. The molecule has 0 amide bonds. The zero-order chi connectivity index (χ0) is 12.7. The third kappa shape index (κ3) is 2.04. The van der Waals surface area contributed by atoms with Crippen LogP contribution >= 0.6 is 27.3 Å². The fourth-order valence-electron chi connectivity index (χ4n) is 1.96. The number of fused-ring (bicyclic) bond motifs is 1. The minimum atomic E-state index is -0.166. The van der Waals surface area contributed by atoms with Crippen LogP contribution < -0.4 is 5.69 Å². The number of thiophene rings is 1. The van der Waals surface area contributed by atoms with Gasteiger partial charge in [0.2, 0.25) is 0 Å². The molecule has 3 rings (SSSR count). The van der Waals surface area contributed by atoms with Gasteiger partial charge >= 0.3 is 5.69 Å². The largest absolute Gasteiger partial charge is 0.323 e. The molecule has 0 saturated carbocycles. The number of aryl methyl sites for hydroxylation is 1. The van der Waals surface area contributed by atoms with Crippen molar-refractivity contribution in [2.75, 3.05) is 0 Å². The molecule has 2 heterocycles. The highest BCUT2D eigenvalue weighted by Crippen LogP contribution is 2.35. The number of imidazole rings is 1. The molecule has 92 valence electrons. The molecule has 0 spiro atoms. The fourth-order valence-corrected chi connectivity index (χ4v) is 3.56. The molecule has 2 aromatic heterocycles. The van der Waals surface area contributed by atoms with E-state index in [0.717, 1.165) is 16.6 Å². The molecule has 0 aliphatic rings.